The number of hydrogen-bond donors (Lipinski definition) is 0. The zero-order chi connectivity index (χ0) is 36.4. The smallest absolute Gasteiger partial charge is 0.333 e. The maximum atomic E-state index is 12.2. The topological polar surface area (TPSA) is 44.8 Å². The molecule has 3 aromatic carbocycles. The summed E-state index contributed by atoms with van der Waals surface area (Å²) in [7, 11) is 0. The Bertz CT molecular complexity index is 1560. The highest BCUT2D eigenvalue weighted by Gasteiger charge is 2.08. The van der Waals surface area contributed by atoms with Crippen LogP contribution in [0.4, 0.5) is 0 Å². The Labute approximate surface area is 309 Å². The number of carbonyl (C=O) groups excluding carboxylic acids is 1. The van der Waals surface area contributed by atoms with Crippen molar-refractivity contribution >= 4 is 5.97 Å². The Morgan fingerprint density at radius 1 is 0.549 bits per heavy atom. The second-order valence-electron chi connectivity index (χ2n) is 13.4. The van der Waals surface area contributed by atoms with Crippen LogP contribution in [0.5, 0.6) is 11.5 Å². The van der Waals surface area contributed by atoms with Crippen molar-refractivity contribution in [3.8, 4) is 35.2 Å². The quantitative estimate of drug-likeness (QED) is 0.0430. The van der Waals surface area contributed by atoms with Crippen LogP contribution < -0.4 is 9.47 Å². The summed E-state index contributed by atoms with van der Waals surface area (Å²) in [5.41, 5.74) is 4.53. The highest BCUT2D eigenvalue weighted by Crippen LogP contribution is 2.17. The van der Waals surface area contributed by atoms with E-state index in [1.807, 2.05) is 66.7 Å². The number of unbranched alkanes of at least 4 members (excludes halogenated alkanes) is 14. The maximum Gasteiger partial charge on any atom is 0.333 e. The van der Waals surface area contributed by atoms with Gasteiger partial charge in [-0.3, -0.25) is 0 Å². The monoisotopic (exact) mass is 688 g/mol. The number of benzene rings is 3. The number of carbonyl (C=O) groups is 1. The van der Waals surface area contributed by atoms with Crippen molar-refractivity contribution in [1.29, 1.82) is 0 Å². The summed E-state index contributed by atoms with van der Waals surface area (Å²) in [4.78, 5) is 12.2. The Morgan fingerprint density at radius 2 is 0.961 bits per heavy atom. The third-order valence-corrected chi connectivity index (χ3v) is 8.75. The molecule has 4 heteroatoms. The lowest BCUT2D eigenvalue weighted by Crippen LogP contribution is -2.06. The van der Waals surface area contributed by atoms with E-state index < -0.39 is 5.97 Å². The summed E-state index contributed by atoms with van der Waals surface area (Å²) < 4.78 is 17.4. The zero-order valence-electron chi connectivity index (χ0n) is 31.6. The fraction of sp³-hybridized carbons (Fsp3) is 0.468. The first kappa shape index (κ1) is 41.0. The molecule has 272 valence electrons. The van der Waals surface area contributed by atoms with Crippen LogP contribution >= 0.6 is 0 Å². The molecule has 0 aliphatic heterocycles. The first-order valence-electron chi connectivity index (χ1n) is 19.4. The van der Waals surface area contributed by atoms with Crippen LogP contribution in [0, 0.1) is 23.7 Å². The van der Waals surface area contributed by atoms with Crippen molar-refractivity contribution in [3.05, 3.63) is 107 Å². The summed E-state index contributed by atoms with van der Waals surface area (Å²) in [5, 5.41) is 0. The summed E-state index contributed by atoms with van der Waals surface area (Å²) >= 11 is 0. The van der Waals surface area contributed by atoms with Gasteiger partial charge in [0, 0.05) is 33.4 Å². The summed E-state index contributed by atoms with van der Waals surface area (Å²) in [6, 6.07) is 21.6. The van der Waals surface area contributed by atoms with Crippen LogP contribution in [-0.2, 0) is 16.1 Å². The van der Waals surface area contributed by atoms with Gasteiger partial charge >= 0.3 is 5.97 Å². The SMILES string of the molecule is C=C(C)C(=O)OCc1cc(C#Cc2ccc(OCCCCCCCCCC)cc2)ccc1C#Cc1ccc(OCCCCCCCCCC)cc1. The summed E-state index contributed by atoms with van der Waals surface area (Å²) in [5.74, 6) is 14.3. The maximum absolute atomic E-state index is 12.2. The first-order valence-corrected chi connectivity index (χ1v) is 19.4. The van der Waals surface area contributed by atoms with Gasteiger partial charge in [0.15, 0.2) is 0 Å². The average molecular weight is 689 g/mol. The molecule has 4 nitrogen and oxygen atoms in total. The minimum Gasteiger partial charge on any atom is -0.494 e. The third kappa shape index (κ3) is 17.9. The Hall–Kier alpha value is -4.41. The molecule has 0 aliphatic rings. The lowest BCUT2D eigenvalue weighted by atomic mass is 10.0. The molecule has 0 heterocycles. The molecular formula is C47H60O4. The molecule has 0 aliphatic carbocycles. The average Bonchev–Trinajstić information content (AvgIpc) is 3.15. The minimum atomic E-state index is -0.433. The van der Waals surface area contributed by atoms with Crippen LogP contribution in [-0.4, -0.2) is 19.2 Å². The fourth-order valence-electron chi connectivity index (χ4n) is 5.58. The fourth-order valence-corrected chi connectivity index (χ4v) is 5.58. The van der Waals surface area contributed by atoms with Crippen LogP contribution in [0.25, 0.3) is 0 Å². The van der Waals surface area contributed by atoms with E-state index in [1.54, 1.807) is 6.92 Å². The molecule has 0 unspecified atom stereocenters. The Balaban J connectivity index is 1.54. The molecule has 0 fully saturated rings. The molecule has 0 radical (unpaired) electrons. The number of rotatable bonds is 23. The van der Waals surface area contributed by atoms with Crippen LogP contribution in [0.1, 0.15) is 151 Å². The van der Waals surface area contributed by atoms with E-state index in [2.05, 4.69) is 44.1 Å². The molecule has 0 aromatic heterocycles. The normalized spacial score (nSPS) is 10.4. The number of hydrogen-bond acceptors (Lipinski definition) is 4. The van der Waals surface area contributed by atoms with Gasteiger partial charge in [-0.2, -0.15) is 0 Å². The van der Waals surface area contributed by atoms with Gasteiger partial charge in [-0.1, -0.05) is 134 Å². The van der Waals surface area contributed by atoms with Crippen molar-refractivity contribution in [2.75, 3.05) is 13.2 Å². The van der Waals surface area contributed by atoms with Gasteiger partial charge in [-0.05, 0) is 86.5 Å². The van der Waals surface area contributed by atoms with Crippen LogP contribution in [0.2, 0.25) is 0 Å². The molecule has 0 bridgehead atoms. The van der Waals surface area contributed by atoms with Gasteiger partial charge in [0.05, 0.1) is 13.2 Å². The zero-order valence-corrected chi connectivity index (χ0v) is 31.6. The van der Waals surface area contributed by atoms with Gasteiger partial charge in [0.1, 0.15) is 18.1 Å². The summed E-state index contributed by atoms with van der Waals surface area (Å²) in [6.07, 6.45) is 20.5. The summed E-state index contributed by atoms with van der Waals surface area (Å²) in [6.45, 7) is 11.4. The van der Waals surface area contributed by atoms with Gasteiger partial charge in [0.2, 0.25) is 0 Å². The van der Waals surface area contributed by atoms with E-state index in [-0.39, 0.29) is 6.61 Å². The highest BCUT2D eigenvalue weighted by molar-refractivity contribution is 5.86. The van der Waals surface area contributed by atoms with Crippen molar-refractivity contribution in [3.63, 3.8) is 0 Å². The van der Waals surface area contributed by atoms with E-state index in [9.17, 15) is 4.79 Å². The largest absolute Gasteiger partial charge is 0.494 e. The van der Waals surface area contributed by atoms with E-state index in [0.29, 0.717) is 5.57 Å². The second-order valence-corrected chi connectivity index (χ2v) is 13.4. The van der Waals surface area contributed by atoms with E-state index in [0.717, 1.165) is 65.4 Å². The Kier molecular flexibility index (Phi) is 20.5. The molecular weight excluding hydrogens is 629 g/mol. The molecule has 0 atom stereocenters. The van der Waals surface area contributed by atoms with Gasteiger partial charge in [-0.25, -0.2) is 4.79 Å². The number of ether oxygens (including phenoxy) is 3. The van der Waals surface area contributed by atoms with E-state index >= 15 is 0 Å². The molecule has 3 aromatic rings. The molecule has 0 N–H and O–H groups in total. The molecule has 0 amide bonds. The van der Waals surface area contributed by atoms with Crippen LogP contribution in [0.3, 0.4) is 0 Å². The van der Waals surface area contributed by atoms with Gasteiger partial charge in [0.25, 0.3) is 0 Å². The predicted octanol–water partition coefficient (Wildman–Crippen LogP) is 12.1. The molecule has 3 rings (SSSR count). The first-order chi connectivity index (χ1) is 25.0. The third-order valence-electron chi connectivity index (χ3n) is 8.75. The number of esters is 1. The van der Waals surface area contributed by atoms with Crippen molar-refractivity contribution in [2.24, 2.45) is 0 Å². The minimum absolute atomic E-state index is 0.0850. The van der Waals surface area contributed by atoms with E-state index in [4.69, 9.17) is 14.2 Å². The Morgan fingerprint density at radius 3 is 1.43 bits per heavy atom. The highest BCUT2D eigenvalue weighted by atomic mass is 16.5. The standard InChI is InChI=1S/C47H60O4/c1-5-7-9-11-13-15-17-19-35-49-45-31-25-40(26-32-45)21-22-42-24-30-43(44(37-42)38-51-47(48)39(3)4)29-23-41-27-33-46(34-28-41)50-36-20-18-16-14-12-10-8-6-2/h24-28,30-34,37H,3,5-20,35-36,38H2,1-2,4H3. The molecule has 0 spiro atoms. The van der Waals surface area contributed by atoms with Crippen molar-refractivity contribution < 1.29 is 19.0 Å². The molecule has 51 heavy (non-hydrogen) atoms. The van der Waals surface area contributed by atoms with Gasteiger partial charge < -0.3 is 14.2 Å². The van der Waals surface area contributed by atoms with Gasteiger partial charge in [-0.15, -0.1) is 0 Å². The molecule has 0 saturated heterocycles. The van der Waals surface area contributed by atoms with Crippen molar-refractivity contribution in [1.82, 2.24) is 0 Å². The predicted molar refractivity (Wildman–Crippen MR) is 212 cm³/mol. The van der Waals surface area contributed by atoms with E-state index in [1.165, 1.54) is 89.9 Å². The molecule has 0 saturated carbocycles. The van der Waals surface area contributed by atoms with Crippen molar-refractivity contribution in [2.45, 2.75) is 130 Å². The lowest BCUT2D eigenvalue weighted by molar-refractivity contribution is -0.140. The second kappa shape index (κ2) is 25.5. The lowest BCUT2D eigenvalue weighted by Gasteiger charge is -2.08. The van der Waals surface area contributed by atoms with Crippen LogP contribution in [0.15, 0.2) is 78.9 Å².